The molecule has 0 saturated carbocycles. The van der Waals surface area contributed by atoms with Crippen molar-refractivity contribution < 1.29 is 5.11 Å². The molecule has 1 heteroatoms. The maximum atomic E-state index is 8.92. The third kappa shape index (κ3) is 15.7. The summed E-state index contributed by atoms with van der Waals surface area (Å²) in [6.45, 7) is 6.45. The first-order valence-corrected chi connectivity index (χ1v) is 9.97. The Morgan fingerprint density at radius 1 is 0.609 bits per heavy atom. The molecule has 0 bridgehead atoms. The van der Waals surface area contributed by atoms with Gasteiger partial charge in [-0.05, 0) is 18.6 Å². The van der Waals surface area contributed by atoms with Crippen molar-refractivity contribution in [3.8, 4) is 5.75 Å². The average Bonchev–Trinajstić information content (AvgIpc) is 2.56. The van der Waals surface area contributed by atoms with Crippen LogP contribution >= 0.6 is 0 Å². The van der Waals surface area contributed by atoms with E-state index in [0.29, 0.717) is 5.75 Å². The van der Waals surface area contributed by atoms with Crippen LogP contribution in [-0.4, -0.2) is 5.11 Å². The molecule has 0 spiro atoms. The minimum absolute atomic E-state index is 0.368. The van der Waals surface area contributed by atoms with Gasteiger partial charge in [0.05, 0.1) is 0 Å². The lowest BCUT2D eigenvalue weighted by Crippen LogP contribution is -1.82. The van der Waals surface area contributed by atoms with E-state index >= 15 is 0 Å². The highest BCUT2D eigenvalue weighted by Gasteiger charge is 1.92. The molecule has 0 atom stereocenters. The molecule has 0 aliphatic heterocycles. The lowest BCUT2D eigenvalue weighted by Gasteiger charge is -2.01. The normalized spacial score (nSPS) is 10.2. The molecule has 0 aliphatic carbocycles. The van der Waals surface area contributed by atoms with Crippen molar-refractivity contribution in [3.05, 3.63) is 29.8 Å². The zero-order valence-corrected chi connectivity index (χ0v) is 15.9. The fraction of sp³-hybridized carbons (Fsp3) is 0.727. The highest BCUT2D eigenvalue weighted by Crippen LogP contribution is 2.13. The minimum Gasteiger partial charge on any atom is -0.508 e. The molecule has 1 rings (SSSR count). The summed E-state index contributed by atoms with van der Waals surface area (Å²) in [6.07, 6.45) is 18.9. The first kappa shape index (κ1) is 22.0. The van der Waals surface area contributed by atoms with Gasteiger partial charge in [0.15, 0.2) is 0 Å². The summed E-state index contributed by atoms with van der Waals surface area (Å²) in [4.78, 5) is 0. The van der Waals surface area contributed by atoms with Crippen LogP contribution in [0.3, 0.4) is 0 Å². The molecule has 1 aromatic rings. The first-order valence-electron chi connectivity index (χ1n) is 9.97. The highest BCUT2D eigenvalue weighted by molar-refractivity contribution is 5.29. The van der Waals surface area contributed by atoms with Crippen molar-refractivity contribution >= 4 is 0 Å². The van der Waals surface area contributed by atoms with E-state index in [-0.39, 0.29) is 0 Å². The van der Waals surface area contributed by atoms with Gasteiger partial charge >= 0.3 is 0 Å². The maximum absolute atomic E-state index is 8.92. The van der Waals surface area contributed by atoms with Crippen LogP contribution < -0.4 is 0 Å². The fourth-order valence-electron chi connectivity index (χ4n) is 2.65. The number of hydrogen-bond acceptors (Lipinski definition) is 1. The Morgan fingerprint density at radius 2 is 0.957 bits per heavy atom. The molecule has 1 N–H and O–H groups in total. The molecule has 0 heterocycles. The van der Waals surface area contributed by atoms with Gasteiger partial charge in [0.25, 0.3) is 0 Å². The Morgan fingerprint density at radius 3 is 1.22 bits per heavy atom. The number of phenolic OH excluding ortho intramolecular Hbond substituents is 1. The minimum atomic E-state index is 0.368. The second-order valence-corrected chi connectivity index (χ2v) is 6.68. The van der Waals surface area contributed by atoms with Gasteiger partial charge in [0, 0.05) is 0 Å². The third-order valence-electron chi connectivity index (χ3n) is 4.32. The van der Waals surface area contributed by atoms with Crippen molar-refractivity contribution in [2.75, 3.05) is 0 Å². The van der Waals surface area contributed by atoms with E-state index in [1.807, 2.05) is 25.1 Å². The largest absolute Gasteiger partial charge is 0.508 e. The van der Waals surface area contributed by atoms with Crippen LogP contribution in [0.1, 0.15) is 103 Å². The van der Waals surface area contributed by atoms with Crippen LogP contribution in [0.25, 0.3) is 0 Å². The molecule has 0 saturated heterocycles. The Labute approximate surface area is 145 Å². The number of para-hydroxylation sites is 1. The van der Waals surface area contributed by atoms with Crippen LogP contribution in [0.15, 0.2) is 24.3 Å². The fourth-order valence-corrected chi connectivity index (χ4v) is 2.65. The molecule has 23 heavy (non-hydrogen) atoms. The highest BCUT2D eigenvalue weighted by atomic mass is 16.3. The van der Waals surface area contributed by atoms with E-state index in [0.717, 1.165) is 5.56 Å². The Balaban J connectivity index is 0.000000502. The van der Waals surface area contributed by atoms with E-state index in [1.165, 1.54) is 83.5 Å². The maximum Gasteiger partial charge on any atom is 0.118 e. The summed E-state index contributed by atoms with van der Waals surface area (Å²) >= 11 is 0. The summed E-state index contributed by atoms with van der Waals surface area (Å²) < 4.78 is 0. The van der Waals surface area contributed by atoms with Gasteiger partial charge in [-0.25, -0.2) is 0 Å². The summed E-state index contributed by atoms with van der Waals surface area (Å²) in [5, 5.41) is 8.92. The first-order chi connectivity index (χ1) is 11.2. The van der Waals surface area contributed by atoms with Crippen molar-refractivity contribution in [3.63, 3.8) is 0 Å². The van der Waals surface area contributed by atoms with Crippen LogP contribution in [0.4, 0.5) is 0 Å². The van der Waals surface area contributed by atoms with E-state index < -0.39 is 0 Å². The molecule has 1 aromatic carbocycles. The SMILES string of the molecule is CCCCCCCCCCCCCCC.Cc1ccccc1O. The van der Waals surface area contributed by atoms with Gasteiger partial charge in [-0.2, -0.15) is 0 Å². The Kier molecular flexibility index (Phi) is 16.6. The molecular formula is C22H40O. The van der Waals surface area contributed by atoms with Crippen LogP contribution in [0.2, 0.25) is 0 Å². The van der Waals surface area contributed by atoms with Gasteiger partial charge in [-0.1, -0.05) is 116 Å². The quantitative estimate of drug-likeness (QED) is 0.389. The molecule has 0 aromatic heterocycles. The standard InChI is InChI=1S/C15H32.C7H8O/c1-3-5-7-9-11-13-15-14-12-10-8-6-4-2;1-6-4-2-3-5-7(6)8/h3-15H2,1-2H3;2-5,8H,1H3. The molecule has 1 nitrogen and oxygen atoms in total. The van der Waals surface area contributed by atoms with E-state index in [4.69, 9.17) is 5.11 Å². The number of aryl methyl sites for hydroxylation is 1. The van der Waals surface area contributed by atoms with Crippen LogP contribution in [0, 0.1) is 6.92 Å². The van der Waals surface area contributed by atoms with Crippen molar-refractivity contribution in [1.82, 2.24) is 0 Å². The predicted octanol–water partition coefficient (Wildman–Crippen LogP) is 7.80. The van der Waals surface area contributed by atoms with Crippen LogP contribution in [-0.2, 0) is 0 Å². The zero-order chi connectivity index (χ0) is 17.2. The summed E-state index contributed by atoms with van der Waals surface area (Å²) in [6, 6.07) is 7.25. The number of hydrogen-bond donors (Lipinski definition) is 1. The molecule has 0 amide bonds. The monoisotopic (exact) mass is 320 g/mol. The summed E-state index contributed by atoms with van der Waals surface area (Å²) in [7, 11) is 0. The van der Waals surface area contributed by atoms with Gasteiger partial charge in [0.2, 0.25) is 0 Å². The predicted molar refractivity (Wildman–Crippen MR) is 104 cm³/mol. The molecule has 0 radical (unpaired) electrons. The Bertz CT molecular complexity index is 313. The van der Waals surface area contributed by atoms with Gasteiger partial charge in [-0.3, -0.25) is 0 Å². The Hall–Kier alpha value is -0.980. The second-order valence-electron chi connectivity index (χ2n) is 6.68. The van der Waals surface area contributed by atoms with Gasteiger partial charge < -0.3 is 5.11 Å². The third-order valence-corrected chi connectivity index (χ3v) is 4.32. The van der Waals surface area contributed by atoms with E-state index in [2.05, 4.69) is 13.8 Å². The number of benzene rings is 1. The summed E-state index contributed by atoms with van der Waals surface area (Å²) in [5.74, 6) is 0.368. The average molecular weight is 321 g/mol. The zero-order valence-electron chi connectivity index (χ0n) is 15.9. The molecule has 0 unspecified atom stereocenters. The van der Waals surface area contributed by atoms with Gasteiger partial charge in [0.1, 0.15) is 5.75 Å². The number of phenols is 1. The van der Waals surface area contributed by atoms with Gasteiger partial charge in [-0.15, -0.1) is 0 Å². The second kappa shape index (κ2) is 17.4. The molecule has 0 aliphatic rings. The number of unbranched alkanes of at least 4 members (excludes halogenated alkanes) is 12. The number of rotatable bonds is 12. The molecule has 134 valence electrons. The van der Waals surface area contributed by atoms with E-state index in [1.54, 1.807) is 6.07 Å². The summed E-state index contributed by atoms with van der Waals surface area (Å²) in [5.41, 5.74) is 0.924. The van der Waals surface area contributed by atoms with Crippen LogP contribution in [0.5, 0.6) is 5.75 Å². The van der Waals surface area contributed by atoms with Crippen molar-refractivity contribution in [2.24, 2.45) is 0 Å². The smallest absolute Gasteiger partial charge is 0.118 e. The van der Waals surface area contributed by atoms with Crippen molar-refractivity contribution in [1.29, 1.82) is 0 Å². The lowest BCUT2D eigenvalue weighted by molar-refractivity contribution is 0.471. The van der Waals surface area contributed by atoms with E-state index in [9.17, 15) is 0 Å². The molecule has 0 fully saturated rings. The van der Waals surface area contributed by atoms with Crippen molar-refractivity contribution in [2.45, 2.75) is 104 Å². The topological polar surface area (TPSA) is 20.2 Å². The lowest BCUT2D eigenvalue weighted by atomic mass is 10.1. The molecular weight excluding hydrogens is 280 g/mol. The number of aromatic hydroxyl groups is 1.